The second-order valence-corrected chi connectivity index (χ2v) is 5.54. The molecule has 1 unspecified atom stereocenters. The smallest absolute Gasteiger partial charge is 0.377 e. The molecule has 10 heteroatoms. The molecule has 2 aromatic rings. The van der Waals surface area contributed by atoms with Gasteiger partial charge in [-0.2, -0.15) is 23.4 Å². The second-order valence-electron chi connectivity index (χ2n) is 5.54. The Morgan fingerprint density at radius 2 is 2.29 bits per heavy atom. The topological polar surface area (TPSA) is 76.0 Å². The van der Waals surface area contributed by atoms with Gasteiger partial charge in [0.1, 0.15) is 6.54 Å². The van der Waals surface area contributed by atoms with Crippen LogP contribution >= 0.6 is 0 Å². The van der Waals surface area contributed by atoms with Crippen molar-refractivity contribution in [1.82, 2.24) is 24.9 Å². The normalized spacial score (nSPS) is 18.8. The molecule has 1 atom stereocenters. The fourth-order valence-corrected chi connectivity index (χ4v) is 2.67. The molecule has 3 rings (SSSR count). The Kier molecular flexibility index (Phi) is 4.31. The Morgan fingerprint density at radius 1 is 1.50 bits per heavy atom. The largest absolute Gasteiger partial charge is 0.435 e. The zero-order valence-corrected chi connectivity index (χ0v) is 12.9. The van der Waals surface area contributed by atoms with Gasteiger partial charge in [-0.05, 0) is 18.6 Å². The van der Waals surface area contributed by atoms with Crippen molar-refractivity contribution >= 4 is 5.91 Å². The molecule has 1 N–H and O–H groups in total. The van der Waals surface area contributed by atoms with Gasteiger partial charge in [0.2, 0.25) is 5.91 Å². The molecular formula is C14H16F3N5O2. The number of aromatic nitrogens is 4. The van der Waals surface area contributed by atoms with E-state index in [1.807, 2.05) is 6.92 Å². The van der Waals surface area contributed by atoms with Gasteiger partial charge in [0.15, 0.2) is 5.69 Å². The van der Waals surface area contributed by atoms with Gasteiger partial charge < -0.3 is 9.64 Å². The minimum absolute atomic E-state index is 0.264. The molecule has 130 valence electrons. The van der Waals surface area contributed by atoms with E-state index in [2.05, 4.69) is 15.3 Å². The summed E-state index contributed by atoms with van der Waals surface area (Å²) in [4.78, 5) is 14.1. The predicted molar refractivity (Wildman–Crippen MR) is 75.8 cm³/mol. The summed E-state index contributed by atoms with van der Waals surface area (Å²) in [6.45, 7) is 2.64. The third kappa shape index (κ3) is 3.28. The number of hydrogen-bond acceptors (Lipinski definition) is 4. The molecule has 2 aromatic heterocycles. The SMILES string of the molecule is Cc1cn[nH]c1C1COCCN1C(=O)Cn1ccc(C(F)(F)F)n1. The van der Waals surface area contributed by atoms with Crippen molar-refractivity contribution in [3.05, 3.63) is 35.4 Å². The van der Waals surface area contributed by atoms with E-state index in [1.54, 1.807) is 11.1 Å². The van der Waals surface area contributed by atoms with Crippen LogP contribution in [0.15, 0.2) is 18.5 Å². The fraction of sp³-hybridized carbons (Fsp3) is 0.500. The molecule has 1 amide bonds. The first-order chi connectivity index (χ1) is 11.4. The van der Waals surface area contributed by atoms with Crippen molar-refractivity contribution in [1.29, 1.82) is 0 Å². The van der Waals surface area contributed by atoms with Crippen LogP contribution in [-0.4, -0.2) is 50.5 Å². The number of ether oxygens (including phenoxy) is 1. The van der Waals surface area contributed by atoms with E-state index in [4.69, 9.17) is 4.74 Å². The lowest BCUT2D eigenvalue weighted by Gasteiger charge is -2.35. The molecule has 0 bridgehead atoms. The van der Waals surface area contributed by atoms with Crippen molar-refractivity contribution in [3.63, 3.8) is 0 Å². The molecule has 1 saturated heterocycles. The first kappa shape index (κ1) is 16.5. The number of carbonyl (C=O) groups is 1. The van der Waals surface area contributed by atoms with E-state index in [9.17, 15) is 18.0 Å². The van der Waals surface area contributed by atoms with Crippen LogP contribution in [0.2, 0.25) is 0 Å². The first-order valence-electron chi connectivity index (χ1n) is 7.34. The number of alkyl halides is 3. The van der Waals surface area contributed by atoms with Crippen LogP contribution in [0.1, 0.15) is 23.0 Å². The highest BCUT2D eigenvalue weighted by molar-refractivity contribution is 5.76. The average Bonchev–Trinajstić information content (AvgIpc) is 3.16. The van der Waals surface area contributed by atoms with Crippen molar-refractivity contribution in [2.75, 3.05) is 19.8 Å². The van der Waals surface area contributed by atoms with Crippen LogP contribution in [0.5, 0.6) is 0 Å². The number of aryl methyl sites for hydroxylation is 1. The maximum atomic E-state index is 12.6. The lowest BCUT2D eigenvalue weighted by atomic mass is 10.1. The van der Waals surface area contributed by atoms with Crippen LogP contribution in [0.25, 0.3) is 0 Å². The molecule has 1 fully saturated rings. The summed E-state index contributed by atoms with van der Waals surface area (Å²) >= 11 is 0. The second kappa shape index (κ2) is 6.27. The maximum absolute atomic E-state index is 12.6. The predicted octanol–water partition coefficient (Wildman–Crippen LogP) is 1.53. The summed E-state index contributed by atoms with van der Waals surface area (Å²) < 4.78 is 44.2. The molecule has 0 radical (unpaired) electrons. The number of halogens is 3. The number of aromatic amines is 1. The quantitative estimate of drug-likeness (QED) is 0.917. The van der Waals surface area contributed by atoms with Gasteiger partial charge in [0.25, 0.3) is 0 Å². The molecule has 3 heterocycles. The van der Waals surface area contributed by atoms with Gasteiger partial charge in [-0.25, -0.2) is 0 Å². The number of nitrogens with one attached hydrogen (secondary N) is 1. The molecule has 0 saturated carbocycles. The number of nitrogens with zero attached hydrogens (tertiary/aromatic N) is 4. The molecule has 0 spiro atoms. The summed E-state index contributed by atoms with van der Waals surface area (Å²) in [7, 11) is 0. The highest BCUT2D eigenvalue weighted by Crippen LogP contribution is 2.28. The standard InChI is InChI=1S/C14H16F3N5O2/c1-9-6-18-19-13(9)10-8-24-5-4-22(10)12(23)7-21-3-2-11(20-21)14(15,16)17/h2-3,6,10H,4-5,7-8H2,1H3,(H,18,19). The van der Waals surface area contributed by atoms with Crippen molar-refractivity contribution < 1.29 is 22.7 Å². The van der Waals surface area contributed by atoms with Gasteiger partial charge >= 0.3 is 6.18 Å². The van der Waals surface area contributed by atoms with Crippen LogP contribution in [0.3, 0.4) is 0 Å². The Labute approximate surface area is 135 Å². The van der Waals surface area contributed by atoms with Gasteiger partial charge in [-0.1, -0.05) is 0 Å². The van der Waals surface area contributed by atoms with Crippen LogP contribution in [0.4, 0.5) is 13.2 Å². The zero-order chi connectivity index (χ0) is 17.3. The molecule has 0 aliphatic carbocycles. The summed E-state index contributed by atoms with van der Waals surface area (Å²) in [5, 5.41) is 10.2. The monoisotopic (exact) mass is 343 g/mol. The summed E-state index contributed by atoms with van der Waals surface area (Å²) in [6.07, 6.45) is -1.73. The highest BCUT2D eigenvalue weighted by atomic mass is 19.4. The summed E-state index contributed by atoms with van der Waals surface area (Å²) in [5.74, 6) is -0.325. The molecular weight excluding hydrogens is 327 g/mol. The van der Waals surface area contributed by atoms with Gasteiger partial charge in [0.05, 0.1) is 31.1 Å². The minimum Gasteiger partial charge on any atom is -0.377 e. The van der Waals surface area contributed by atoms with Gasteiger partial charge in [-0.15, -0.1) is 0 Å². The van der Waals surface area contributed by atoms with E-state index in [0.717, 1.165) is 28.2 Å². The Balaban J connectivity index is 1.75. The number of H-pyrrole nitrogens is 1. The highest BCUT2D eigenvalue weighted by Gasteiger charge is 2.34. The minimum atomic E-state index is -4.52. The Hall–Kier alpha value is -2.36. The van der Waals surface area contributed by atoms with Gasteiger partial charge in [0, 0.05) is 12.7 Å². The zero-order valence-electron chi connectivity index (χ0n) is 12.9. The third-order valence-corrected chi connectivity index (χ3v) is 3.88. The van der Waals surface area contributed by atoms with E-state index >= 15 is 0 Å². The maximum Gasteiger partial charge on any atom is 0.435 e. The number of amides is 1. The van der Waals surface area contributed by atoms with Gasteiger partial charge in [-0.3, -0.25) is 14.6 Å². The molecule has 1 aliphatic rings. The lowest BCUT2D eigenvalue weighted by molar-refractivity contribution is -0.144. The lowest BCUT2D eigenvalue weighted by Crippen LogP contribution is -2.45. The Bertz CT molecular complexity index is 724. The van der Waals surface area contributed by atoms with Crippen LogP contribution in [-0.2, 0) is 22.3 Å². The Morgan fingerprint density at radius 3 is 2.92 bits per heavy atom. The van der Waals surface area contributed by atoms with E-state index in [1.165, 1.54) is 0 Å². The first-order valence-corrected chi connectivity index (χ1v) is 7.34. The van der Waals surface area contributed by atoms with Crippen molar-refractivity contribution in [2.45, 2.75) is 25.7 Å². The summed E-state index contributed by atoms with van der Waals surface area (Å²) in [6, 6.07) is 0.509. The average molecular weight is 343 g/mol. The van der Waals surface area contributed by atoms with Crippen LogP contribution < -0.4 is 0 Å². The summed E-state index contributed by atoms with van der Waals surface area (Å²) in [5.41, 5.74) is 0.638. The number of morpholine rings is 1. The third-order valence-electron chi connectivity index (χ3n) is 3.88. The fourth-order valence-electron chi connectivity index (χ4n) is 2.67. The van der Waals surface area contributed by atoms with Crippen molar-refractivity contribution in [2.24, 2.45) is 0 Å². The molecule has 24 heavy (non-hydrogen) atoms. The van der Waals surface area contributed by atoms with E-state index in [-0.39, 0.29) is 18.5 Å². The van der Waals surface area contributed by atoms with E-state index in [0.29, 0.717) is 19.8 Å². The number of hydrogen-bond donors (Lipinski definition) is 1. The van der Waals surface area contributed by atoms with E-state index < -0.39 is 11.9 Å². The van der Waals surface area contributed by atoms with Crippen molar-refractivity contribution in [3.8, 4) is 0 Å². The number of carbonyl (C=O) groups excluding carboxylic acids is 1. The molecule has 7 nitrogen and oxygen atoms in total. The number of rotatable bonds is 3. The molecule has 1 aliphatic heterocycles. The van der Waals surface area contributed by atoms with Crippen LogP contribution in [0, 0.1) is 6.92 Å². The molecule has 0 aromatic carbocycles.